The molecular weight excluding hydrogens is 518 g/mol. The van der Waals surface area contributed by atoms with Gasteiger partial charge in [0, 0.05) is 29.7 Å². The molecule has 1 saturated heterocycles. The molecule has 2 aliphatic rings. The smallest absolute Gasteiger partial charge is 0.409 e. The highest BCUT2D eigenvalue weighted by molar-refractivity contribution is 14.1. The Labute approximate surface area is 189 Å². The van der Waals surface area contributed by atoms with Crippen LogP contribution in [0.4, 0.5) is 14.9 Å². The summed E-state index contributed by atoms with van der Waals surface area (Å²) < 4.78 is 21.8. The van der Waals surface area contributed by atoms with Gasteiger partial charge in [0.05, 0.1) is 35.0 Å². The summed E-state index contributed by atoms with van der Waals surface area (Å²) in [5, 5.41) is 0.109. The van der Waals surface area contributed by atoms with Gasteiger partial charge in [-0.05, 0) is 52.9 Å². The lowest BCUT2D eigenvalue weighted by Crippen LogP contribution is -2.49. The number of aromatic nitrogens is 2. The Hall–Kier alpha value is -3.02. The van der Waals surface area contributed by atoms with E-state index in [0.717, 1.165) is 3.57 Å². The molecule has 0 N–H and O–H groups in total. The second kappa shape index (κ2) is 7.29. The van der Waals surface area contributed by atoms with Crippen molar-refractivity contribution >= 4 is 51.1 Å². The minimum absolute atomic E-state index is 0.0302. The van der Waals surface area contributed by atoms with Crippen LogP contribution in [0.5, 0.6) is 0 Å². The van der Waals surface area contributed by atoms with E-state index in [9.17, 15) is 18.8 Å². The Kier molecular flexibility index (Phi) is 4.68. The molecule has 1 aromatic heterocycles. The van der Waals surface area contributed by atoms with E-state index in [1.165, 1.54) is 23.8 Å². The topological polar surface area (TPSA) is 84.7 Å². The number of ketones is 1. The molecule has 0 saturated carbocycles. The first-order valence-electron chi connectivity index (χ1n) is 9.58. The number of carbonyl (C=O) groups is 2. The summed E-state index contributed by atoms with van der Waals surface area (Å²) >= 11 is 2.10. The molecule has 158 valence electrons. The maximum atomic E-state index is 15.0. The molecule has 1 fully saturated rings. The van der Waals surface area contributed by atoms with Crippen LogP contribution in [0, 0.1) is 9.39 Å². The standard InChI is InChI=1S/C21H16FIN4O4/c1-31-21(30)26-6-4-25(5-7-26)17-10-15-12(9-14(17)22)20(29)27-16-3-2-11(23)8-13(16)18(28)19(27)24-15/h2-3,8-10H,4-7H2,1H3. The fourth-order valence-electron chi connectivity index (χ4n) is 4.08. The molecule has 31 heavy (non-hydrogen) atoms. The molecule has 1 amide bonds. The maximum absolute atomic E-state index is 15.0. The van der Waals surface area contributed by atoms with Crippen molar-refractivity contribution in [2.75, 3.05) is 38.2 Å². The van der Waals surface area contributed by atoms with Gasteiger partial charge in [-0.15, -0.1) is 0 Å². The zero-order chi connectivity index (χ0) is 21.9. The van der Waals surface area contributed by atoms with Gasteiger partial charge in [-0.25, -0.2) is 14.2 Å². The van der Waals surface area contributed by atoms with Crippen molar-refractivity contribution in [3.05, 3.63) is 61.5 Å². The first-order chi connectivity index (χ1) is 14.9. The molecule has 10 heteroatoms. The predicted octanol–water partition coefficient (Wildman–Crippen LogP) is 2.56. The third-order valence-corrected chi connectivity index (χ3v) is 6.31. The van der Waals surface area contributed by atoms with Gasteiger partial charge in [0.25, 0.3) is 5.56 Å². The molecule has 0 spiro atoms. The fourth-order valence-corrected chi connectivity index (χ4v) is 4.57. The highest BCUT2D eigenvalue weighted by atomic mass is 127. The highest BCUT2D eigenvalue weighted by Crippen LogP contribution is 2.30. The van der Waals surface area contributed by atoms with Crippen molar-refractivity contribution < 1.29 is 18.7 Å². The molecule has 0 bridgehead atoms. The number of amides is 1. The van der Waals surface area contributed by atoms with Crippen molar-refractivity contribution in [2.45, 2.75) is 0 Å². The molecule has 0 unspecified atom stereocenters. The maximum Gasteiger partial charge on any atom is 0.409 e. The molecule has 0 aliphatic carbocycles. The van der Waals surface area contributed by atoms with E-state index in [1.807, 2.05) is 0 Å². The number of methoxy groups -OCH3 is 1. The van der Waals surface area contributed by atoms with Crippen LogP contribution in [-0.4, -0.2) is 59.6 Å². The van der Waals surface area contributed by atoms with Gasteiger partial charge < -0.3 is 14.5 Å². The summed E-state index contributed by atoms with van der Waals surface area (Å²) in [4.78, 5) is 45.4. The Morgan fingerprint density at radius 1 is 1.10 bits per heavy atom. The molecule has 2 aromatic carbocycles. The van der Waals surface area contributed by atoms with Crippen LogP contribution in [0.2, 0.25) is 0 Å². The van der Waals surface area contributed by atoms with Crippen molar-refractivity contribution in [2.24, 2.45) is 0 Å². The van der Waals surface area contributed by atoms with Gasteiger partial charge >= 0.3 is 6.09 Å². The SMILES string of the molecule is COC(=O)N1CCN(c2cc3nc4n(c(=O)c3cc2F)-c2ccc(I)cc2C4=O)CC1. The predicted molar refractivity (Wildman–Crippen MR) is 120 cm³/mol. The second-order valence-electron chi connectivity index (χ2n) is 7.33. The number of carbonyl (C=O) groups excluding carboxylic acids is 2. The number of fused-ring (bicyclic) bond motifs is 4. The van der Waals surface area contributed by atoms with E-state index < -0.39 is 17.5 Å². The molecule has 3 heterocycles. The molecule has 0 atom stereocenters. The lowest BCUT2D eigenvalue weighted by molar-refractivity contribution is 0.103. The van der Waals surface area contributed by atoms with Crippen LogP contribution in [0.15, 0.2) is 35.1 Å². The van der Waals surface area contributed by atoms with E-state index in [1.54, 1.807) is 28.0 Å². The minimum atomic E-state index is -0.550. The minimum Gasteiger partial charge on any atom is -0.453 e. The Morgan fingerprint density at radius 2 is 1.84 bits per heavy atom. The van der Waals surface area contributed by atoms with Gasteiger partial charge in [0.2, 0.25) is 5.78 Å². The summed E-state index contributed by atoms with van der Waals surface area (Å²) in [6.45, 7) is 1.59. The van der Waals surface area contributed by atoms with E-state index in [-0.39, 0.29) is 28.2 Å². The monoisotopic (exact) mass is 534 g/mol. The Balaban J connectivity index is 1.57. The van der Waals surface area contributed by atoms with Gasteiger partial charge in [-0.1, -0.05) is 0 Å². The summed E-state index contributed by atoms with van der Waals surface area (Å²) in [7, 11) is 1.32. The van der Waals surface area contributed by atoms with E-state index in [4.69, 9.17) is 4.74 Å². The molecule has 8 nitrogen and oxygen atoms in total. The lowest BCUT2D eigenvalue weighted by Gasteiger charge is -2.35. The summed E-state index contributed by atoms with van der Waals surface area (Å²) in [6.07, 6.45) is -0.420. The number of benzene rings is 2. The van der Waals surface area contributed by atoms with Crippen LogP contribution >= 0.6 is 22.6 Å². The fraction of sp³-hybridized carbons (Fsp3) is 0.238. The lowest BCUT2D eigenvalue weighted by atomic mass is 10.1. The largest absolute Gasteiger partial charge is 0.453 e. The second-order valence-corrected chi connectivity index (χ2v) is 8.58. The Bertz CT molecular complexity index is 1330. The molecule has 2 aliphatic heterocycles. The van der Waals surface area contributed by atoms with Crippen LogP contribution in [-0.2, 0) is 4.74 Å². The molecular formula is C21H16FIN4O4. The first-order valence-corrected chi connectivity index (χ1v) is 10.7. The van der Waals surface area contributed by atoms with Crippen LogP contribution in [0.3, 0.4) is 0 Å². The van der Waals surface area contributed by atoms with Gasteiger partial charge in [0.1, 0.15) is 5.82 Å². The third-order valence-electron chi connectivity index (χ3n) is 5.64. The van der Waals surface area contributed by atoms with E-state index in [2.05, 4.69) is 27.6 Å². The van der Waals surface area contributed by atoms with Crippen molar-refractivity contribution in [3.63, 3.8) is 0 Å². The van der Waals surface area contributed by atoms with Crippen molar-refractivity contribution in [1.82, 2.24) is 14.5 Å². The van der Waals surface area contributed by atoms with E-state index >= 15 is 0 Å². The number of anilines is 1. The number of rotatable bonds is 1. The van der Waals surface area contributed by atoms with Gasteiger partial charge in [0.15, 0.2) is 5.82 Å². The average Bonchev–Trinajstić information content (AvgIpc) is 3.05. The number of nitrogens with zero attached hydrogens (tertiary/aromatic N) is 4. The zero-order valence-electron chi connectivity index (χ0n) is 16.4. The Morgan fingerprint density at radius 3 is 2.55 bits per heavy atom. The van der Waals surface area contributed by atoms with Gasteiger partial charge in [-0.2, -0.15) is 0 Å². The van der Waals surface area contributed by atoms with Crippen molar-refractivity contribution in [1.29, 1.82) is 0 Å². The third kappa shape index (κ3) is 3.08. The number of hydrogen-bond acceptors (Lipinski definition) is 6. The van der Waals surface area contributed by atoms with Crippen LogP contribution in [0.25, 0.3) is 16.6 Å². The first kappa shape index (κ1) is 19.9. The number of piperazine rings is 1. The quantitative estimate of drug-likeness (QED) is 0.349. The number of ether oxygens (including phenoxy) is 1. The van der Waals surface area contributed by atoms with Crippen molar-refractivity contribution in [3.8, 4) is 5.69 Å². The summed E-state index contributed by atoms with van der Waals surface area (Å²) in [5.74, 6) is -0.849. The molecule has 0 radical (unpaired) electrons. The molecule has 3 aromatic rings. The summed E-state index contributed by atoms with van der Waals surface area (Å²) in [6, 6.07) is 7.89. The average molecular weight is 534 g/mol. The highest BCUT2D eigenvalue weighted by Gasteiger charge is 2.31. The summed E-state index contributed by atoms with van der Waals surface area (Å²) in [5.41, 5.74) is 0.939. The number of hydrogen-bond donors (Lipinski definition) is 0. The van der Waals surface area contributed by atoms with Gasteiger partial charge in [-0.3, -0.25) is 14.2 Å². The zero-order valence-corrected chi connectivity index (χ0v) is 18.6. The molecule has 5 rings (SSSR count). The normalized spacial score (nSPS) is 15.3. The van der Waals surface area contributed by atoms with Crippen LogP contribution in [0.1, 0.15) is 16.2 Å². The number of halogens is 2. The van der Waals surface area contributed by atoms with Crippen LogP contribution < -0.4 is 10.5 Å². The van der Waals surface area contributed by atoms with E-state index in [0.29, 0.717) is 37.4 Å².